The highest BCUT2D eigenvalue weighted by Crippen LogP contribution is 2.22. The van der Waals surface area contributed by atoms with Crippen LogP contribution in [0.5, 0.6) is 11.6 Å². The summed E-state index contributed by atoms with van der Waals surface area (Å²) in [7, 11) is 0. The Morgan fingerprint density at radius 3 is 2.66 bits per heavy atom. The van der Waals surface area contributed by atoms with Crippen LogP contribution in [0.25, 0.3) is 5.78 Å². The van der Waals surface area contributed by atoms with Crippen LogP contribution in [0.3, 0.4) is 0 Å². The second-order valence-electron chi connectivity index (χ2n) is 6.44. The lowest BCUT2D eigenvalue weighted by Gasteiger charge is -2.06. The van der Waals surface area contributed by atoms with Crippen LogP contribution in [-0.2, 0) is 11.2 Å². The molecule has 9 heteroatoms. The maximum Gasteiger partial charge on any atom is 0.252 e. The van der Waals surface area contributed by atoms with Crippen LogP contribution < -0.4 is 10.1 Å². The van der Waals surface area contributed by atoms with Gasteiger partial charge >= 0.3 is 0 Å². The van der Waals surface area contributed by atoms with E-state index >= 15 is 0 Å². The van der Waals surface area contributed by atoms with Crippen molar-refractivity contribution in [2.45, 2.75) is 20.3 Å². The molecule has 146 valence electrons. The topological polar surface area (TPSA) is 94.3 Å². The molecule has 1 aromatic carbocycles. The summed E-state index contributed by atoms with van der Waals surface area (Å²) >= 11 is 5.85. The van der Waals surface area contributed by atoms with E-state index in [0.29, 0.717) is 33.9 Å². The third kappa shape index (κ3) is 4.49. The van der Waals surface area contributed by atoms with Crippen LogP contribution in [0.15, 0.2) is 48.7 Å². The number of pyridine rings is 1. The zero-order valence-corrected chi connectivity index (χ0v) is 16.5. The highest BCUT2D eigenvalue weighted by atomic mass is 35.5. The zero-order valence-electron chi connectivity index (χ0n) is 15.8. The summed E-state index contributed by atoms with van der Waals surface area (Å²) in [6.07, 6.45) is 1.56. The molecule has 4 rings (SSSR count). The minimum atomic E-state index is -0.247. The minimum absolute atomic E-state index is 0.0326. The van der Waals surface area contributed by atoms with E-state index in [4.69, 9.17) is 16.3 Å². The van der Waals surface area contributed by atoms with Crippen LogP contribution in [0.1, 0.15) is 17.2 Å². The van der Waals surface area contributed by atoms with E-state index in [9.17, 15) is 4.79 Å². The van der Waals surface area contributed by atoms with Crippen LogP contribution in [0, 0.1) is 13.8 Å². The van der Waals surface area contributed by atoms with Crippen molar-refractivity contribution in [1.29, 1.82) is 0 Å². The number of hydrogen-bond acceptors (Lipinski definition) is 6. The molecule has 0 aliphatic rings. The van der Waals surface area contributed by atoms with Crippen molar-refractivity contribution in [2.24, 2.45) is 0 Å². The molecular formula is C20H17ClN6O2. The molecule has 0 radical (unpaired) electrons. The minimum Gasteiger partial charge on any atom is -0.439 e. The normalized spacial score (nSPS) is 10.9. The molecule has 0 bridgehead atoms. The molecule has 1 N–H and O–H groups in total. The first-order valence-corrected chi connectivity index (χ1v) is 9.23. The highest BCUT2D eigenvalue weighted by Gasteiger charge is 2.12. The third-order valence-corrected chi connectivity index (χ3v) is 4.29. The van der Waals surface area contributed by atoms with Crippen molar-refractivity contribution in [3.05, 3.63) is 70.9 Å². The zero-order chi connectivity index (χ0) is 20.4. The number of benzene rings is 1. The fourth-order valence-electron chi connectivity index (χ4n) is 2.77. The van der Waals surface area contributed by atoms with Crippen molar-refractivity contribution < 1.29 is 9.53 Å². The van der Waals surface area contributed by atoms with E-state index in [-0.39, 0.29) is 12.3 Å². The van der Waals surface area contributed by atoms with Gasteiger partial charge in [0.25, 0.3) is 5.78 Å². The Bertz CT molecular complexity index is 1170. The van der Waals surface area contributed by atoms with Gasteiger partial charge < -0.3 is 10.1 Å². The Labute approximate surface area is 171 Å². The summed E-state index contributed by atoms with van der Waals surface area (Å²) in [5.74, 6) is 1.67. The van der Waals surface area contributed by atoms with Crippen LogP contribution in [0.2, 0.25) is 5.02 Å². The number of aryl methyl sites for hydroxylation is 2. The van der Waals surface area contributed by atoms with Gasteiger partial charge in [-0.3, -0.25) is 4.79 Å². The number of hydrogen-bond donors (Lipinski definition) is 1. The average Bonchev–Trinajstić information content (AvgIpc) is 3.07. The molecule has 3 heterocycles. The summed E-state index contributed by atoms with van der Waals surface area (Å²) < 4.78 is 7.26. The molecule has 0 aliphatic carbocycles. The summed E-state index contributed by atoms with van der Waals surface area (Å²) in [6.45, 7) is 3.81. The van der Waals surface area contributed by atoms with E-state index in [1.54, 1.807) is 40.9 Å². The molecular weight excluding hydrogens is 392 g/mol. The molecule has 0 spiro atoms. The van der Waals surface area contributed by atoms with Crippen LogP contribution >= 0.6 is 11.6 Å². The quantitative estimate of drug-likeness (QED) is 0.540. The molecule has 0 saturated carbocycles. The number of halogens is 1. The second kappa shape index (κ2) is 7.84. The maximum atomic E-state index is 12.3. The average molecular weight is 409 g/mol. The molecule has 0 fully saturated rings. The fraction of sp³-hybridized carbons (Fsp3) is 0.150. The van der Waals surface area contributed by atoms with Crippen molar-refractivity contribution in [3.63, 3.8) is 0 Å². The van der Waals surface area contributed by atoms with Crippen molar-refractivity contribution >= 4 is 29.0 Å². The van der Waals surface area contributed by atoms with Gasteiger partial charge in [-0.1, -0.05) is 11.6 Å². The number of aromatic nitrogens is 5. The van der Waals surface area contributed by atoms with E-state index in [1.807, 2.05) is 19.9 Å². The van der Waals surface area contributed by atoms with Crippen LogP contribution in [-0.4, -0.2) is 30.5 Å². The van der Waals surface area contributed by atoms with E-state index in [1.165, 1.54) is 6.20 Å². The van der Waals surface area contributed by atoms with Gasteiger partial charge in [0.2, 0.25) is 11.8 Å². The third-order valence-electron chi connectivity index (χ3n) is 4.04. The number of carbonyl (C=O) groups is 1. The number of ether oxygens (including phenoxy) is 1. The second-order valence-corrected chi connectivity index (χ2v) is 6.88. The van der Waals surface area contributed by atoms with E-state index in [0.717, 1.165) is 11.4 Å². The SMILES string of the molecule is Cc1cc(C)n2nc(CC(=O)Nc3ccc(Oc4ccc(Cl)cc4)nc3)nc2n1. The lowest BCUT2D eigenvalue weighted by Crippen LogP contribution is -2.15. The molecule has 0 saturated heterocycles. The smallest absolute Gasteiger partial charge is 0.252 e. The molecule has 0 unspecified atom stereocenters. The van der Waals surface area contributed by atoms with Gasteiger partial charge in [-0.2, -0.15) is 4.98 Å². The van der Waals surface area contributed by atoms with E-state index in [2.05, 4.69) is 25.4 Å². The van der Waals surface area contributed by atoms with Crippen molar-refractivity contribution in [1.82, 2.24) is 24.6 Å². The summed E-state index contributed by atoms with van der Waals surface area (Å²) in [6, 6.07) is 12.3. The van der Waals surface area contributed by atoms with Gasteiger partial charge in [0.05, 0.1) is 18.3 Å². The Hall–Kier alpha value is -3.52. The van der Waals surface area contributed by atoms with Gasteiger partial charge in [0.1, 0.15) is 5.75 Å². The number of anilines is 1. The molecule has 4 aromatic rings. The van der Waals surface area contributed by atoms with Gasteiger partial charge in [-0.15, -0.1) is 5.10 Å². The molecule has 3 aromatic heterocycles. The molecule has 0 atom stereocenters. The molecule has 1 amide bonds. The monoisotopic (exact) mass is 408 g/mol. The molecule has 8 nitrogen and oxygen atoms in total. The predicted octanol–water partition coefficient (Wildman–Crippen LogP) is 3.76. The van der Waals surface area contributed by atoms with Crippen molar-refractivity contribution in [2.75, 3.05) is 5.32 Å². The molecule has 29 heavy (non-hydrogen) atoms. The Kier molecular flexibility index (Phi) is 5.09. The van der Waals surface area contributed by atoms with Gasteiger partial charge in [-0.25, -0.2) is 14.5 Å². The van der Waals surface area contributed by atoms with Crippen molar-refractivity contribution in [3.8, 4) is 11.6 Å². The first kappa shape index (κ1) is 18.8. The van der Waals surface area contributed by atoms with Gasteiger partial charge in [0.15, 0.2) is 5.82 Å². The molecule has 0 aliphatic heterocycles. The summed E-state index contributed by atoms with van der Waals surface area (Å²) in [5.41, 5.74) is 2.31. The maximum absolute atomic E-state index is 12.3. The first-order chi connectivity index (χ1) is 14.0. The Balaban J connectivity index is 1.39. The largest absolute Gasteiger partial charge is 0.439 e. The fourth-order valence-corrected chi connectivity index (χ4v) is 2.90. The standard InChI is InChI=1S/C20H17ClN6O2/c1-12-9-13(2)27-20(23-12)25-17(26-27)10-18(28)24-15-5-8-19(22-11-15)29-16-6-3-14(21)4-7-16/h3-9,11H,10H2,1-2H3,(H,24,28). The number of nitrogens with one attached hydrogen (secondary N) is 1. The number of carbonyl (C=O) groups excluding carboxylic acids is 1. The van der Waals surface area contributed by atoms with Gasteiger partial charge in [-0.05, 0) is 50.2 Å². The number of rotatable bonds is 5. The lowest BCUT2D eigenvalue weighted by atomic mass is 10.3. The number of nitrogens with zero attached hydrogens (tertiary/aromatic N) is 5. The highest BCUT2D eigenvalue weighted by molar-refractivity contribution is 6.30. The summed E-state index contributed by atoms with van der Waals surface area (Å²) in [4.78, 5) is 25.2. The summed E-state index contributed by atoms with van der Waals surface area (Å²) in [5, 5.41) is 7.74. The van der Waals surface area contributed by atoms with E-state index < -0.39 is 0 Å². The lowest BCUT2D eigenvalue weighted by molar-refractivity contribution is -0.115. The van der Waals surface area contributed by atoms with Gasteiger partial charge in [0, 0.05) is 22.5 Å². The number of fused-ring (bicyclic) bond motifs is 1. The predicted molar refractivity (Wildman–Crippen MR) is 108 cm³/mol. The number of amides is 1. The Morgan fingerprint density at radius 2 is 1.93 bits per heavy atom. The van der Waals surface area contributed by atoms with Crippen LogP contribution in [0.4, 0.5) is 5.69 Å². The Morgan fingerprint density at radius 1 is 1.14 bits per heavy atom. The first-order valence-electron chi connectivity index (χ1n) is 8.85.